The summed E-state index contributed by atoms with van der Waals surface area (Å²) in [5.41, 5.74) is 8.98. The Morgan fingerprint density at radius 2 is 1.69 bits per heavy atom. The molecule has 4 aliphatic heterocycles. The van der Waals surface area contributed by atoms with Crippen molar-refractivity contribution in [2.75, 3.05) is 43.0 Å². The smallest absolute Gasteiger partial charge is 0.359 e. The van der Waals surface area contributed by atoms with Crippen LogP contribution in [0.4, 0.5) is 21.6 Å². The normalized spacial score (nSPS) is 17.0. The number of halogens is 1. The van der Waals surface area contributed by atoms with Crippen molar-refractivity contribution in [2.45, 2.75) is 135 Å². The summed E-state index contributed by atoms with van der Waals surface area (Å²) in [6.07, 6.45) is 14.2. The lowest BCUT2D eigenvalue weighted by Gasteiger charge is -2.48. The van der Waals surface area contributed by atoms with E-state index < -0.39 is 11.9 Å². The van der Waals surface area contributed by atoms with E-state index in [-0.39, 0.29) is 23.1 Å². The number of hydrogen-bond donors (Lipinski definition) is 2. The Balaban J connectivity index is 0.636. The Kier molecular flexibility index (Phi) is 15.5. The maximum atomic E-state index is 15.4. The first-order chi connectivity index (χ1) is 36.0. The quantitative estimate of drug-likeness (QED) is 0.0545. The van der Waals surface area contributed by atoms with E-state index in [4.69, 9.17) is 19.5 Å². The summed E-state index contributed by atoms with van der Waals surface area (Å²) in [6, 6.07) is 33.3. The zero-order valence-corrected chi connectivity index (χ0v) is 43.7. The fourth-order valence-corrected chi connectivity index (χ4v) is 11.6. The van der Waals surface area contributed by atoms with Crippen molar-refractivity contribution in [2.24, 2.45) is 4.99 Å². The first-order valence-electron chi connectivity index (χ1n) is 27.4. The molecule has 0 saturated heterocycles. The molecule has 74 heavy (non-hydrogen) atoms. The number of rotatable bonds is 21. The molecular formula is C62H72FN7O4+2. The van der Waals surface area contributed by atoms with Gasteiger partial charge >= 0.3 is 11.7 Å². The van der Waals surface area contributed by atoms with E-state index in [2.05, 4.69) is 84.2 Å². The highest BCUT2D eigenvalue weighted by Gasteiger charge is 2.42. The molecule has 5 heterocycles. The summed E-state index contributed by atoms with van der Waals surface area (Å²) in [7, 11) is 0. The molecule has 0 saturated carbocycles. The minimum atomic E-state index is -0.561. The molecule has 1 aromatic heterocycles. The molecule has 384 valence electrons. The van der Waals surface area contributed by atoms with Crippen molar-refractivity contribution in [1.82, 2.24) is 14.9 Å². The molecule has 2 unspecified atom stereocenters. The van der Waals surface area contributed by atoms with Crippen LogP contribution in [0.2, 0.25) is 0 Å². The molecule has 0 aliphatic carbocycles. The lowest BCUT2D eigenvalue weighted by molar-refractivity contribution is -0.552. The van der Waals surface area contributed by atoms with Gasteiger partial charge in [0.05, 0.1) is 12.7 Å². The second-order valence-electron chi connectivity index (χ2n) is 21.2. The van der Waals surface area contributed by atoms with Crippen molar-refractivity contribution in [1.29, 1.82) is 0 Å². The molecule has 2 atom stereocenters. The highest BCUT2D eigenvalue weighted by Crippen LogP contribution is 2.50. The van der Waals surface area contributed by atoms with Gasteiger partial charge in [-0.25, -0.2) is 23.7 Å². The van der Waals surface area contributed by atoms with Gasteiger partial charge in [-0.2, -0.15) is 4.57 Å². The Morgan fingerprint density at radius 3 is 2.47 bits per heavy atom. The van der Waals surface area contributed by atoms with Gasteiger partial charge in [0.2, 0.25) is 11.3 Å². The molecule has 4 aliphatic rings. The van der Waals surface area contributed by atoms with Gasteiger partial charge in [-0.3, -0.25) is 10.1 Å². The average molecular weight is 998 g/mol. The van der Waals surface area contributed by atoms with Crippen LogP contribution in [0.5, 0.6) is 17.2 Å². The minimum absolute atomic E-state index is 0.0658. The minimum Gasteiger partial charge on any atom is -0.491 e. The van der Waals surface area contributed by atoms with E-state index in [1.807, 2.05) is 54.6 Å². The molecule has 2 N–H and O–H groups in total. The number of amides is 1. The molecule has 12 heteroatoms. The van der Waals surface area contributed by atoms with Gasteiger partial charge in [-0.1, -0.05) is 99.3 Å². The topological polar surface area (TPSA) is 112 Å². The van der Waals surface area contributed by atoms with Gasteiger partial charge in [-0.15, -0.1) is 0 Å². The number of benzene rings is 5. The van der Waals surface area contributed by atoms with Crippen LogP contribution in [0, 0.1) is 5.82 Å². The van der Waals surface area contributed by atoms with Crippen molar-refractivity contribution in [3.8, 4) is 28.5 Å². The molecule has 11 nitrogen and oxygen atoms in total. The fraction of sp³-hybridized carbons (Fsp3) is 0.419. The number of unbranched alkanes of at least 4 members (excludes halogenated alkanes) is 5. The third kappa shape index (κ3) is 11.2. The Morgan fingerprint density at radius 1 is 0.905 bits per heavy atom. The number of nitrogens with one attached hydrogen (secondary N) is 2. The molecular weight excluding hydrogens is 926 g/mol. The third-order valence-corrected chi connectivity index (χ3v) is 15.5. The summed E-state index contributed by atoms with van der Waals surface area (Å²) >= 11 is 0. The van der Waals surface area contributed by atoms with Gasteiger partial charge in [0.1, 0.15) is 41.7 Å². The zero-order valence-electron chi connectivity index (χ0n) is 43.7. The number of fused-ring (bicyclic) bond motifs is 5. The number of anilines is 2. The SMILES string of the molecule is CCC1CC(C)(C)N(CCCC(=O)NCCCCCCCCOc2ccc(CC3Nc4c(Cc5ccccc5)nc(-c5ccccc5)c[n+]4C3=O)cc2F)c2cc3c(cc21)N=c1cc2c(cc1O3)=[N+](CC)CCC2. The fourth-order valence-electron chi connectivity index (χ4n) is 11.6. The average Bonchev–Trinajstić information content (AvgIpc) is 3.72. The lowest BCUT2D eigenvalue weighted by atomic mass is 9.77. The van der Waals surface area contributed by atoms with E-state index in [9.17, 15) is 9.59 Å². The molecule has 1 amide bonds. The van der Waals surface area contributed by atoms with E-state index >= 15 is 4.39 Å². The number of nitrogens with zero attached hydrogens (tertiary/aromatic N) is 5. The molecule has 6 aromatic rings. The summed E-state index contributed by atoms with van der Waals surface area (Å²) in [6.45, 7) is 13.1. The predicted molar refractivity (Wildman–Crippen MR) is 290 cm³/mol. The molecule has 10 rings (SSSR count). The maximum Gasteiger partial charge on any atom is 0.359 e. The first-order valence-corrected chi connectivity index (χ1v) is 27.4. The van der Waals surface area contributed by atoms with Crippen LogP contribution in [-0.4, -0.2) is 61.2 Å². The summed E-state index contributed by atoms with van der Waals surface area (Å²) in [4.78, 5) is 39.5. The number of hydrogen-bond acceptors (Lipinski definition) is 8. The van der Waals surface area contributed by atoms with E-state index in [0.29, 0.717) is 49.7 Å². The first kappa shape index (κ1) is 50.6. The molecule has 0 radical (unpaired) electrons. The van der Waals surface area contributed by atoms with Crippen LogP contribution >= 0.6 is 0 Å². The number of ether oxygens (including phenoxy) is 2. The highest BCUT2D eigenvalue weighted by molar-refractivity contribution is 5.83. The van der Waals surface area contributed by atoms with Gasteiger partial charge in [0, 0.05) is 67.2 Å². The second kappa shape index (κ2) is 22.7. The van der Waals surface area contributed by atoms with Crippen LogP contribution in [-0.2, 0) is 24.1 Å². The number of aryl methyl sites for hydroxylation is 1. The monoisotopic (exact) mass is 998 g/mol. The molecule has 0 fully saturated rings. The van der Waals surface area contributed by atoms with Gasteiger partial charge in [-0.05, 0) is 106 Å². The number of aromatic nitrogens is 2. The predicted octanol–water partition coefficient (Wildman–Crippen LogP) is 10.8. The van der Waals surface area contributed by atoms with Crippen LogP contribution in [0.1, 0.15) is 137 Å². The van der Waals surface area contributed by atoms with Crippen molar-refractivity contribution >= 4 is 29.0 Å². The van der Waals surface area contributed by atoms with Crippen LogP contribution in [0.25, 0.3) is 11.3 Å². The van der Waals surface area contributed by atoms with Crippen LogP contribution < -0.4 is 44.9 Å². The third-order valence-electron chi connectivity index (χ3n) is 15.5. The largest absolute Gasteiger partial charge is 0.491 e. The van der Waals surface area contributed by atoms with Crippen LogP contribution in [0.15, 0.2) is 114 Å². The number of carbonyl (C=O) groups excluding carboxylic acids is 2. The van der Waals surface area contributed by atoms with Crippen LogP contribution in [0.3, 0.4) is 0 Å². The van der Waals surface area contributed by atoms with Crippen molar-refractivity contribution < 1.29 is 28.0 Å². The lowest BCUT2D eigenvalue weighted by Crippen LogP contribution is -2.49. The molecule has 0 bridgehead atoms. The standard InChI is InChI=1S/C62H70FN7O4/c1-5-44-40-62(3,4)70(55-39-58-50(37-47(44)55)65-49-36-46-25-19-30-68(6-2)54(46)38-57(49)74-58)31-20-26-59(71)64-29-17-9-7-8-10-18-32-73-56-28-27-43(33-48(56)63)35-52-61(72)69-41-53(45-23-15-12-16-24-45)66-51(60(69)67-52)34-42-21-13-11-14-22-42/h11-16,21-24,27-28,33,36-39,41,44,52H,5-10,17-20,25-26,29-32,34-35,40H2,1-4H3/p+2. The molecule has 5 aromatic carbocycles. The summed E-state index contributed by atoms with van der Waals surface area (Å²) < 4.78 is 32.0. The molecule has 0 spiro atoms. The Bertz CT molecular complexity index is 3140. The second-order valence-corrected chi connectivity index (χ2v) is 21.2. The summed E-state index contributed by atoms with van der Waals surface area (Å²) in [5.74, 6) is 2.54. The van der Waals surface area contributed by atoms with E-state index in [1.54, 1.807) is 16.8 Å². The highest BCUT2D eigenvalue weighted by atomic mass is 19.1. The Labute approximate surface area is 435 Å². The summed E-state index contributed by atoms with van der Waals surface area (Å²) in [5, 5.41) is 8.78. The maximum absolute atomic E-state index is 15.4. The van der Waals surface area contributed by atoms with Gasteiger partial charge in [0.15, 0.2) is 29.1 Å². The van der Waals surface area contributed by atoms with Crippen molar-refractivity contribution in [3.05, 3.63) is 154 Å². The van der Waals surface area contributed by atoms with Gasteiger partial charge in [0.25, 0.3) is 0 Å². The van der Waals surface area contributed by atoms with E-state index in [0.717, 1.165) is 135 Å². The van der Waals surface area contributed by atoms with Gasteiger partial charge < -0.3 is 19.7 Å². The van der Waals surface area contributed by atoms with Crippen molar-refractivity contribution in [3.63, 3.8) is 0 Å². The zero-order chi connectivity index (χ0) is 51.2. The van der Waals surface area contributed by atoms with E-state index in [1.165, 1.54) is 28.2 Å². The Hall–Kier alpha value is -6.95. The number of carbonyl (C=O) groups is 2.